The number of hydrogen-bond donors (Lipinski definition) is 0. The lowest BCUT2D eigenvalue weighted by molar-refractivity contribution is 0.102. The summed E-state index contributed by atoms with van der Waals surface area (Å²) in [6.07, 6.45) is 4.95. The molecule has 0 N–H and O–H groups in total. The van der Waals surface area contributed by atoms with Gasteiger partial charge >= 0.3 is 0 Å². The fourth-order valence-electron chi connectivity index (χ4n) is 1.12. The van der Waals surface area contributed by atoms with E-state index in [0.29, 0.717) is 5.56 Å². The number of carbonyl (C=O) groups excluding carboxylic acids is 1. The minimum Gasteiger partial charge on any atom is -0.293 e. The lowest BCUT2D eigenvalue weighted by atomic mass is 10.1. The Morgan fingerprint density at radius 1 is 1.31 bits per heavy atom. The van der Waals surface area contributed by atoms with Gasteiger partial charge in [-0.15, -0.1) is 18.0 Å². The van der Waals surface area contributed by atoms with Crippen molar-refractivity contribution in [1.29, 1.82) is 0 Å². The first-order valence-corrected chi connectivity index (χ1v) is 6.55. The highest BCUT2D eigenvalue weighted by molar-refractivity contribution is 7.91. The standard InChI is InChI=1S/C11H9ClO3S/c1-2-7-16(14,15)10-5-3-9(4-6-10)11(13)8-12/h1,3-6H,7-8H2. The third-order valence-corrected chi connectivity index (χ3v) is 3.71. The maximum atomic E-state index is 11.5. The zero-order valence-corrected chi connectivity index (χ0v) is 9.88. The maximum absolute atomic E-state index is 11.5. The van der Waals surface area contributed by atoms with Gasteiger partial charge in [0.2, 0.25) is 0 Å². The molecule has 0 spiro atoms. The number of ketones is 1. The van der Waals surface area contributed by atoms with E-state index in [2.05, 4.69) is 5.92 Å². The summed E-state index contributed by atoms with van der Waals surface area (Å²) in [5.74, 6) is 1.35. The third-order valence-electron chi connectivity index (χ3n) is 1.93. The highest BCUT2D eigenvalue weighted by atomic mass is 35.5. The van der Waals surface area contributed by atoms with Gasteiger partial charge < -0.3 is 0 Å². The van der Waals surface area contributed by atoms with Crippen LogP contribution in [-0.2, 0) is 9.84 Å². The molecule has 1 rings (SSSR count). The van der Waals surface area contributed by atoms with Crippen LogP contribution in [0.5, 0.6) is 0 Å². The topological polar surface area (TPSA) is 51.2 Å². The minimum atomic E-state index is -3.44. The van der Waals surface area contributed by atoms with Crippen molar-refractivity contribution in [2.75, 3.05) is 11.6 Å². The Labute approximate surface area is 99.3 Å². The SMILES string of the molecule is C#CCS(=O)(=O)c1ccc(C(=O)CCl)cc1. The molecule has 0 aromatic heterocycles. The molecule has 0 unspecified atom stereocenters. The van der Waals surface area contributed by atoms with Crippen molar-refractivity contribution in [1.82, 2.24) is 0 Å². The lowest BCUT2D eigenvalue weighted by Gasteiger charge is -2.01. The summed E-state index contributed by atoms with van der Waals surface area (Å²) in [6, 6.07) is 5.56. The van der Waals surface area contributed by atoms with Crippen LogP contribution < -0.4 is 0 Å². The summed E-state index contributed by atoms with van der Waals surface area (Å²) in [6.45, 7) is 0. The molecule has 0 aliphatic rings. The number of alkyl halides is 1. The molecule has 5 heteroatoms. The number of Topliss-reactive ketones (excluding diaryl/α,β-unsaturated/α-hetero) is 1. The molecule has 0 fully saturated rings. The van der Waals surface area contributed by atoms with Crippen LogP contribution in [0, 0.1) is 12.3 Å². The van der Waals surface area contributed by atoms with E-state index in [0.717, 1.165) is 0 Å². The molecule has 3 nitrogen and oxygen atoms in total. The first-order chi connectivity index (χ1) is 7.51. The van der Waals surface area contributed by atoms with Crippen molar-refractivity contribution in [2.45, 2.75) is 4.90 Å². The molecular formula is C11H9ClO3S. The summed E-state index contributed by atoms with van der Waals surface area (Å²) in [5, 5.41) is 0. The summed E-state index contributed by atoms with van der Waals surface area (Å²) in [5.41, 5.74) is 0.384. The van der Waals surface area contributed by atoms with E-state index < -0.39 is 9.84 Å². The zero-order valence-electron chi connectivity index (χ0n) is 8.31. The van der Waals surface area contributed by atoms with E-state index in [-0.39, 0.29) is 22.3 Å². The molecule has 84 valence electrons. The van der Waals surface area contributed by atoms with Crippen molar-refractivity contribution in [2.24, 2.45) is 0 Å². The Hall–Kier alpha value is -1.31. The Balaban J connectivity index is 3.05. The fourth-order valence-corrected chi connectivity index (χ4v) is 2.21. The Bertz CT molecular complexity index is 523. The van der Waals surface area contributed by atoms with Crippen LogP contribution in [0.4, 0.5) is 0 Å². The van der Waals surface area contributed by atoms with E-state index in [1.165, 1.54) is 24.3 Å². The molecule has 0 amide bonds. The largest absolute Gasteiger partial charge is 0.293 e. The first kappa shape index (κ1) is 12.8. The Morgan fingerprint density at radius 2 is 1.88 bits per heavy atom. The van der Waals surface area contributed by atoms with Crippen molar-refractivity contribution in [3.63, 3.8) is 0 Å². The van der Waals surface area contributed by atoms with Crippen molar-refractivity contribution >= 4 is 27.2 Å². The number of hydrogen-bond acceptors (Lipinski definition) is 3. The van der Waals surface area contributed by atoms with E-state index in [4.69, 9.17) is 18.0 Å². The smallest absolute Gasteiger partial charge is 0.189 e. The number of terminal acetylenes is 1. The van der Waals surface area contributed by atoms with Gasteiger partial charge in [-0.05, 0) is 12.1 Å². The molecule has 0 radical (unpaired) electrons. The molecule has 0 saturated carbocycles. The normalized spacial score (nSPS) is 10.8. The number of halogens is 1. The predicted octanol–water partition coefficient (Wildman–Crippen LogP) is 1.52. The molecule has 0 saturated heterocycles. The first-order valence-electron chi connectivity index (χ1n) is 4.36. The number of rotatable bonds is 4. The highest BCUT2D eigenvalue weighted by Crippen LogP contribution is 2.12. The molecule has 0 aliphatic carbocycles. The summed E-state index contributed by atoms with van der Waals surface area (Å²) in [7, 11) is -3.44. The van der Waals surface area contributed by atoms with Gasteiger partial charge in [0.1, 0.15) is 5.75 Å². The predicted molar refractivity (Wildman–Crippen MR) is 62.4 cm³/mol. The molecule has 1 aromatic rings. The molecule has 16 heavy (non-hydrogen) atoms. The van der Waals surface area contributed by atoms with Crippen molar-refractivity contribution < 1.29 is 13.2 Å². The van der Waals surface area contributed by atoms with Crippen LogP contribution in [0.3, 0.4) is 0 Å². The second-order valence-electron chi connectivity index (χ2n) is 3.04. The van der Waals surface area contributed by atoms with Crippen LogP contribution in [0.2, 0.25) is 0 Å². The van der Waals surface area contributed by atoms with E-state index in [1.807, 2.05) is 0 Å². The van der Waals surface area contributed by atoms with Gasteiger partial charge in [0.15, 0.2) is 15.6 Å². The van der Waals surface area contributed by atoms with Crippen molar-refractivity contribution in [3.8, 4) is 12.3 Å². The third kappa shape index (κ3) is 2.84. The Morgan fingerprint density at radius 3 is 2.31 bits per heavy atom. The van der Waals surface area contributed by atoms with Gasteiger partial charge in [-0.2, -0.15) is 0 Å². The summed E-state index contributed by atoms with van der Waals surface area (Å²) >= 11 is 5.37. The van der Waals surface area contributed by atoms with Crippen LogP contribution in [0.1, 0.15) is 10.4 Å². The quantitative estimate of drug-likeness (QED) is 0.466. The van der Waals surface area contributed by atoms with Crippen LogP contribution >= 0.6 is 11.6 Å². The monoisotopic (exact) mass is 256 g/mol. The average molecular weight is 257 g/mol. The molecule has 0 aliphatic heterocycles. The summed E-state index contributed by atoms with van der Waals surface area (Å²) < 4.78 is 23.1. The van der Waals surface area contributed by atoms with Crippen LogP contribution in [-0.4, -0.2) is 25.8 Å². The summed E-state index contributed by atoms with van der Waals surface area (Å²) in [4.78, 5) is 11.3. The van der Waals surface area contributed by atoms with Crippen LogP contribution in [0.15, 0.2) is 29.2 Å². The van der Waals surface area contributed by atoms with E-state index in [9.17, 15) is 13.2 Å². The number of benzene rings is 1. The van der Waals surface area contributed by atoms with Gasteiger partial charge in [-0.25, -0.2) is 8.42 Å². The number of carbonyl (C=O) groups is 1. The molecule has 0 bridgehead atoms. The maximum Gasteiger partial charge on any atom is 0.189 e. The second-order valence-corrected chi connectivity index (χ2v) is 5.30. The van der Waals surface area contributed by atoms with Gasteiger partial charge in [0, 0.05) is 5.56 Å². The molecule has 0 atom stereocenters. The van der Waals surface area contributed by atoms with Crippen molar-refractivity contribution in [3.05, 3.63) is 29.8 Å². The average Bonchev–Trinajstić information content (AvgIpc) is 2.28. The molecule has 1 aromatic carbocycles. The molecular weight excluding hydrogens is 248 g/mol. The van der Waals surface area contributed by atoms with Gasteiger partial charge in [0.05, 0.1) is 10.8 Å². The zero-order chi connectivity index (χ0) is 12.2. The Kier molecular flexibility index (Phi) is 4.11. The van der Waals surface area contributed by atoms with Gasteiger partial charge in [-0.1, -0.05) is 18.1 Å². The van der Waals surface area contributed by atoms with E-state index >= 15 is 0 Å². The molecule has 0 heterocycles. The number of sulfone groups is 1. The lowest BCUT2D eigenvalue weighted by Crippen LogP contribution is -2.06. The van der Waals surface area contributed by atoms with Crippen LogP contribution in [0.25, 0.3) is 0 Å². The second kappa shape index (κ2) is 5.15. The van der Waals surface area contributed by atoms with Gasteiger partial charge in [-0.3, -0.25) is 4.79 Å². The fraction of sp³-hybridized carbons (Fsp3) is 0.182. The minimum absolute atomic E-state index is 0.108. The van der Waals surface area contributed by atoms with E-state index in [1.54, 1.807) is 0 Å². The highest BCUT2D eigenvalue weighted by Gasteiger charge is 2.13. The van der Waals surface area contributed by atoms with Gasteiger partial charge in [0.25, 0.3) is 0 Å².